The van der Waals surface area contributed by atoms with Gasteiger partial charge in [0.1, 0.15) is 47.0 Å². The van der Waals surface area contributed by atoms with Crippen molar-refractivity contribution in [1.82, 2.24) is 0 Å². The maximum Gasteiger partial charge on any atom is 0.338 e. The van der Waals surface area contributed by atoms with Gasteiger partial charge in [0, 0.05) is 46.5 Å². The summed E-state index contributed by atoms with van der Waals surface area (Å²) >= 11 is 0. The molecule has 0 radical (unpaired) electrons. The predicted molar refractivity (Wildman–Crippen MR) is 233 cm³/mol. The minimum atomic E-state index is -2.07. The van der Waals surface area contributed by atoms with Gasteiger partial charge in [-0.1, -0.05) is 18.6 Å². The summed E-state index contributed by atoms with van der Waals surface area (Å²) < 4.78 is 62.1. The zero-order chi connectivity index (χ0) is 47.7. The van der Waals surface area contributed by atoms with Crippen LogP contribution in [0.15, 0.2) is 35.9 Å². The van der Waals surface area contributed by atoms with Crippen molar-refractivity contribution in [2.45, 2.75) is 209 Å². The number of aliphatic hydroxyl groups excluding tert-OH is 1. The van der Waals surface area contributed by atoms with Crippen molar-refractivity contribution >= 4 is 11.8 Å². The molecule has 0 bridgehead atoms. The van der Waals surface area contributed by atoms with E-state index in [2.05, 4.69) is 6.92 Å². The molecule has 3 heterocycles. The zero-order valence-electron chi connectivity index (χ0n) is 39.8. The van der Waals surface area contributed by atoms with Gasteiger partial charge in [-0.2, -0.15) is 0 Å². The number of carbonyl (C=O) groups excluding carboxylic acids is 2. The molecule has 0 amide bonds. The van der Waals surface area contributed by atoms with Crippen LogP contribution < -0.4 is 0 Å². The van der Waals surface area contributed by atoms with Crippen molar-refractivity contribution in [3.8, 4) is 5.75 Å². The number of ether oxygens (including phenoxy) is 10. The molecule has 3 aliphatic heterocycles. The highest BCUT2D eigenvalue weighted by molar-refractivity contribution is 5.90. The van der Waals surface area contributed by atoms with Gasteiger partial charge in [-0.05, 0) is 109 Å². The second-order valence-corrected chi connectivity index (χ2v) is 20.5. The van der Waals surface area contributed by atoms with Crippen LogP contribution in [0, 0.1) is 16.7 Å². The van der Waals surface area contributed by atoms with E-state index in [1.165, 1.54) is 31.2 Å². The second kappa shape index (κ2) is 18.6. The molecule has 3 saturated carbocycles. The molecule has 66 heavy (non-hydrogen) atoms. The molecule has 6 fully saturated rings. The number of benzene rings is 1. The Morgan fingerprint density at radius 1 is 0.727 bits per heavy atom. The molecular weight excluding hydrogens is 861 g/mol. The van der Waals surface area contributed by atoms with Crippen LogP contribution in [0.1, 0.15) is 116 Å². The van der Waals surface area contributed by atoms with Crippen LogP contribution in [0.25, 0.3) is 0 Å². The number of aromatic hydroxyl groups is 1. The molecule has 1 unspecified atom stereocenters. The van der Waals surface area contributed by atoms with Crippen LogP contribution in [0.2, 0.25) is 0 Å². The van der Waals surface area contributed by atoms with Gasteiger partial charge in [0.15, 0.2) is 24.7 Å². The number of carbonyl (C=O) groups is 2. The molecule has 4 aliphatic carbocycles. The lowest BCUT2D eigenvalue weighted by atomic mass is 9.42. The number of hydrogen-bond acceptors (Lipinski definition) is 17. The Bertz CT molecular complexity index is 1950. The molecule has 8 rings (SSSR count). The largest absolute Gasteiger partial charge is 0.508 e. The van der Waals surface area contributed by atoms with Crippen molar-refractivity contribution in [3.63, 3.8) is 0 Å². The number of hydrogen-bond donors (Lipinski definition) is 5. The predicted octanol–water partition coefficient (Wildman–Crippen LogP) is 4.01. The summed E-state index contributed by atoms with van der Waals surface area (Å²) in [7, 11) is 4.82. The monoisotopic (exact) mass is 932 g/mol. The van der Waals surface area contributed by atoms with Crippen LogP contribution in [-0.2, 0) is 52.2 Å². The summed E-state index contributed by atoms with van der Waals surface area (Å²) in [5.41, 5.74) is -7.01. The van der Waals surface area contributed by atoms with E-state index >= 15 is 0 Å². The fourth-order valence-corrected chi connectivity index (χ4v) is 13.2. The Hall–Kier alpha value is -2.62. The standard InChI is InChI=1S/C49H72O17/c1-25-41(52)33(57-7)21-39(60-25)65-43-27(3)62-40(23-35(43)59-9)66-42-26(2)61-38(22-34(42)58-8)63-32-15-16-45(5)30(20-32)14-17-48(55)36(45)24-37(64-44(53)29-10-12-31(51)13-11-29)46(6)47(54,28(4)50)18-19-49(46,48)56/h10-14,25-27,32-43,51-52,54-56H,15-24H2,1-9H3/t25-,26-,27-,32+,33-,34+,35+,36-,37-,38-,39-,40-,41-,42-,43-,45+,46-,47-,48?,49-/m1/s1. The number of phenolic OH excluding ortho intramolecular Hbond substituents is 1. The van der Waals surface area contributed by atoms with Gasteiger partial charge in [-0.3, -0.25) is 4.79 Å². The van der Waals surface area contributed by atoms with Crippen molar-refractivity contribution in [1.29, 1.82) is 0 Å². The van der Waals surface area contributed by atoms with Gasteiger partial charge in [-0.15, -0.1) is 0 Å². The van der Waals surface area contributed by atoms with Crippen LogP contribution in [0.5, 0.6) is 5.75 Å². The zero-order valence-corrected chi connectivity index (χ0v) is 39.8. The third-order valence-electron chi connectivity index (χ3n) is 17.2. The topological polar surface area (TPSA) is 228 Å². The Morgan fingerprint density at radius 3 is 1.83 bits per heavy atom. The Kier molecular flexibility index (Phi) is 14.0. The molecule has 3 saturated heterocycles. The smallest absolute Gasteiger partial charge is 0.338 e. The third kappa shape index (κ3) is 8.18. The Labute approximate surface area is 387 Å². The van der Waals surface area contributed by atoms with E-state index in [9.17, 15) is 35.1 Å². The first-order valence-corrected chi connectivity index (χ1v) is 23.7. The average Bonchev–Trinajstić information content (AvgIpc) is 3.51. The normalized spacial score (nSPS) is 48.1. The number of fused-ring (bicyclic) bond motifs is 5. The number of rotatable bonds is 12. The van der Waals surface area contributed by atoms with Crippen LogP contribution in [0.4, 0.5) is 0 Å². The van der Waals surface area contributed by atoms with Gasteiger partial charge in [-0.25, -0.2) is 4.79 Å². The highest BCUT2D eigenvalue weighted by atomic mass is 16.7. The maximum atomic E-state index is 13.7. The first-order valence-electron chi connectivity index (χ1n) is 23.7. The molecule has 1 aromatic rings. The molecule has 17 heteroatoms. The van der Waals surface area contributed by atoms with Crippen LogP contribution >= 0.6 is 0 Å². The molecule has 17 nitrogen and oxygen atoms in total. The lowest BCUT2D eigenvalue weighted by molar-refractivity contribution is -0.338. The van der Waals surface area contributed by atoms with E-state index in [4.69, 9.17) is 47.4 Å². The van der Waals surface area contributed by atoms with E-state index < -0.39 is 119 Å². The van der Waals surface area contributed by atoms with Gasteiger partial charge < -0.3 is 72.9 Å². The lowest BCUT2D eigenvalue weighted by Crippen LogP contribution is -2.78. The number of aliphatic hydroxyl groups is 4. The number of methoxy groups -OCH3 is 3. The molecular formula is C49H72O17. The van der Waals surface area contributed by atoms with E-state index in [0.717, 1.165) is 5.57 Å². The Morgan fingerprint density at radius 2 is 1.27 bits per heavy atom. The van der Waals surface area contributed by atoms with Crippen LogP contribution in [0.3, 0.4) is 0 Å². The average molecular weight is 933 g/mol. The first-order chi connectivity index (χ1) is 31.2. The Balaban J connectivity index is 0.927. The van der Waals surface area contributed by atoms with Crippen molar-refractivity contribution in [2.75, 3.05) is 21.3 Å². The molecule has 7 aliphatic rings. The van der Waals surface area contributed by atoms with Crippen molar-refractivity contribution in [2.24, 2.45) is 16.7 Å². The number of esters is 1. The molecule has 1 aromatic carbocycles. The molecule has 370 valence electrons. The highest BCUT2D eigenvalue weighted by Crippen LogP contribution is 2.71. The van der Waals surface area contributed by atoms with E-state index in [-0.39, 0.29) is 49.2 Å². The van der Waals surface area contributed by atoms with Gasteiger partial charge in [0.2, 0.25) is 0 Å². The number of phenols is 1. The maximum absolute atomic E-state index is 13.7. The summed E-state index contributed by atoms with van der Waals surface area (Å²) in [5.74, 6) is -1.94. The quantitative estimate of drug-likeness (QED) is 0.147. The second-order valence-electron chi connectivity index (χ2n) is 20.5. The molecule has 0 spiro atoms. The fourth-order valence-electron chi connectivity index (χ4n) is 13.2. The SMILES string of the molecule is CO[C@H]1C[C@@H](O[C@H]2CC[C@@]3(C)C(=CCC4(O)[C@@H]3C[C@@H](OC(=O)c3ccc(O)cc3)[C@]3(C)[C@](O)(C(C)=O)CC[C@]43O)C2)O[C@H](C)[C@H]1O[C@@H]1C[C@H](OC)[C@H](O[C@@H]2C[C@@H](OC)[C@H](O)[C@@H](C)O2)[C@@H](C)O1. The van der Waals surface area contributed by atoms with Crippen LogP contribution in [-0.4, -0.2) is 161 Å². The fraction of sp³-hybridized carbons (Fsp3) is 0.796. The third-order valence-corrected chi connectivity index (χ3v) is 17.2. The highest BCUT2D eigenvalue weighted by Gasteiger charge is 2.81. The van der Waals surface area contributed by atoms with Gasteiger partial charge in [0.25, 0.3) is 0 Å². The van der Waals surface area contributed by atoms with Crippen molar-refractivity contribution in [3.05, 3.63) is 41.5 Å². The van der Waals surface area contributed by atoms with Crippen molar-refractivity contribution < 1.29 is 82.5 Å². The van der Waals surface area contributed by atoms with E-state index in [0.29, 0.717) is 38.5 Å². The van der Waals surface area contributed by atoms with Gasteiger partial charge >= 0.3 is 5.97 Å². The lowest BCUT2D eigenvalue weighted by Gasteiger charge is -2.67. The molecule has 5 N–H and O–H groups in total. The number of ketones is 1. The number of Topliss-reactive ketones (excluding diaryl/α,β-unsaturated/α-hetero) is 1. The van der Waals surface area contributed by atoms with E-state index in [1.807, 2.05) is 19.9 Å². The summed E-state index contributed by atoms with van der Waals surface area (Å²) in [6.45, 7) is 10.5. The molecule has 20 atom stereocenters. The summed E-state index contributed by atoms with van der Waals surface area (Å²) in [6.07, 6.45) is -2.66. The van der Waals surface area contributed by atoms with E-state index in [1.54, 1.807) is 35.2 Å². The summed E-state index contributed by atoms with van der Waals surface area (Å²) in [6, 6.07) is 5.59. The minimum Gasteiger partial charge on any atom is -0.508 e. The first kappa shape index (κ1) is 49.8. The minimum absolute atomic E-state index is 0.0274. The van der Waals surface area contributed by atoms with Gasteiger partial charge in [0.05, 0.1) is 53.7 Å². The summed E-state index contributed by atoms with van der Waals surface area (Å²) in [5, 5.41) is 58.2. The molecule has 0 aromatic heterocycles. The summed E-state index contributed by atoms with van der Waals surface area (Å²) in [4.78, 5) is 27.0.